The smallest absolute Gasteiger partial charge is 0.0711 e. The molecule has 1 heterocycles. The van der Waals surface area contributed by atoms with Crippen molar-refractivity contribution in [1.82, 2.24) is 0 Å². The van der Waals surface area contributed by atoms with Gasteiger partial charge in [0.1, 0.15) is 0 Å². The number of thiophene rings is 1. The van der Waals surface area contributed by atoms with E-state index in [1.807, 2.05) is 0 Å². The summed E-state index contributed by atoms with van der Waals surface area (Å²) >= 11 is 10.7. The van der Waals surface area contributed by atoms with E-state index < -0.39 is 0 Å². The van der Waals surface area contributed by atoms with Gasteiger partial charge in [0.15, 0.2) is 0 Å². The normalized spacial score (nSPS) is 11.1. The van der Waals surface area contributed by atoms with Crippen LogP contribution in [-0.2, 0) is 5.33 Å². The Bertz CT molecular complexity index is 462. The first-order chi connectivity index (χ1) is 6.74. The maximum atomic E-state index is 3.53. The van der Waals surface area contributed by atoms with Crippen LogP contribution in [0.25, 0.3) is 10.1 Å². The summed E-state index contributed by atoms with van der Waals surface area (Å²) in [5, 5.41) is 2.26. The minimum atomic E-state index is 0.921. The van der Waals surface area contributed by atoms with Crippen molar-refractivity contribution in [1.29, 1.82) is 0 Å². The summed E-state index contributed by atoms with van der Waals surface area (Å²) in [6.45, 7) is 0. The third-order valence-corrected chi connectivity index (χ3v) is 5.06. The minimum absolute atomic E-state index is 0.921. The van der Waals surface area contributed by atoms with Crippen LogP contribution in [0, 0.1) is 0 Å². The van der Waals surface area contributed by atoms with Crippen molar-refractivity contribution in [3.05, 3.63) is 27.5 Å². The van der Waals surface area contributed by atoms with E-state index in [2.05, 4.69) is 56.3 Å². The van der Waals surface area contributed by atoms with E-state index in [1.165, 1.54) is 24.3 Å². The molecule has 0 saturated carbocycles. The van der Waals surface area contributed by atoms with Gasteiger partial charge in [-0.2, -0.15) is 0 Å². The zero-order chi connectivity index (χ0) is 10.1. The molecule has 0 bridgehead atoms. The Morgan fingerprint density at radius 3 is 2.79 bits per heavy atom. The molecule has 0 fully saturated rings. The van der Waals surface area contributed by atoms with Crippen LogP contribution in [0.5, 0.6) is 0 Å². The number of alkyl halides is 1. The van der Waals surface area contributed by atoms with Crippen LogP contribution in [0.15, 0.2) is 26.9 Å². The predicted octanol–water partition coefficient (Wildman–Crippen LogP) is 5.28. The fourth-order valence-electron chi connectivity index (χ4n) is 1.38. The van der Waals surface area contributed by atoms with Gasteiger partial charge in [0.05, 0.1) is 3.79 Å². The van der Waals surface area contributed by atoms with Gasteiger partial charge in [-0.15, -0.1) is 23.1 Å². The predicted molar refractivity (Wildman–Crippen MR) is 73.9 cm³/mol. The fraction of sp³-hybridized carbons (Fsp3) is 0.200. The summed E-state index contributed by atoms with van der Waals surface area (Å²) in [5.74, 6) is 0. The van der Waals surface area contributed by atoms with E-state index in [4.69, 9.17) is 0 Å². The van der Waals surface area contributed by atoms with Crippen molar-refractivity contribution in [2.75, 3.05) is 6.26 Å². The molecule has 74 valence electrons. The summed E-state index contributed by atoms with van der Waals surface area (Å²) in [5.41, 5.74) is 1.38. The lowest BCUT2D eigenvalue weighted by Gasteiger charge is -2.01. The Morgan fingerprint density at radius 1 is 1.36 bits per heavy atom. The third-order valence-electron chi connectivity index (χ3n) is 2.02. The maximum Gasteiger partial charge on any atom is 0.0711 e. The van der Waals surface area contributed by atoms with Gasteiger partial charge in [0.25, 0.3) is 0 Å². The Morgan fingerprint density at radius 2 is 2.14 bits per heavy atom. The van der Waals surface area contributed by atoms with Crippen molar-refractivity contribution in [3.63, 3.8) is 0 Å². The van der Waals surface area contributed by atoms with Crippen LogP contribution in [0.1, 0.15) is 5.56 Å². The van der Waals surface area contributed by atoms with Crippen molar-refractivity contribution in [2.24, 2.45) is 0 Å². The summed E-state index contributed by atoms with van der Waals surface area (Å²) in [6.07, 6.45) is 2.11. The number of thioether (sulfide) groups is 1. The molecule has 0 unspecified atom stereocenters. The molecular formula is C10H8Br2S2. The van der Waals surface area contributed by atoms with Crippen LogP contribution in [0.4, 0.5) is 0 Å². The van der Waals surface area contributed by atoms with Gasteiger partial charge in [-0.25, -0.2) is 0 Å². The topological polar surface area (TPSA) is 0 Å². The van der Waals surface area contributed by atoms with Crippen molar-refractivity contribution in [2.45, 2.75) is 10.2 Å². The van der Waals surface area contributed by atoms with Crippen LogP contribution < -0.4 is 0 Å². The Kier molecular flexibility index (Phi) is 3.58. The molecule has 0 aliphatic heterocycles. The SMILES string of the molecule is CSc1cc(CBr)c2sc(Br)cc2c1. The number of rotatable bonds is 2. The molecule has 0 radical (unpaired) electrons. The lowest BCUT2D eigenvalue weighted by Crippen LogP contribution is -1.79. The van der Waals surface area contributed by atoms with Crippen LogP contribution >= 0.6 is 55.0 Å². The van der Waals surface area contributed by atoms with E-state index in [9.17, 15) is 0 Å². The molecule has 0 atom stereocenters. The molecule has 0 spiro atoms. The van der Waals surface area contributed by atoms with Crippen LogP contribution in [0.3, 0.4) is 0 Å². The van der Waals surface area contributed by atoms with Gasteiger partial charge in [-0.3, -0.25) is 0 Å². The summed E-state index contributed by atoms with van der Waals surface area (Å²) in [6, 6.07) is 6.68. The lowest BCUT2D eigenvalue weighted by atomic mass is 10.2. The quantitative estimate of drug-likeness (QED) is 0.523. The van der Waals surface area contributed by atoms with Gasteiger partial charge in [-0.05, 0) is 51.3 Å². The number of benzene rings is 1. The van der Waals surface area contributed by atoms with Crippen LogP contribution in [-0.4, -0.2) is 6.26 Å². The first kappa shape index (κ1) is 11.0. The van der Waals surface area contributed by atoms with E-state index in [-0.39, 0.29) is 0 Å². The highest BCUT2D eigenvalue weighted by molar-refractivity contribution is 9.11. The molecule has 0 saturated heterocycles. The number of hydrogen-bond acceptors (Lipinski definition) is 2. The molecule has 0 aliphatic rings. The molecule has 14 heavy (non-hydrogen) atoms. The molecule has 1 aromatic carbocycles. The summed E-state index contributed by atoms with van der Waals surface area (Å²) < 4.78 is 2.58. The molecule has 4 heteroatoms. The first-order valence-electron chi connectivity index (χ1n) is 4.06. The Labute approximate surface area is 108 Å². The first-order valence-corrected chi connectivity index (χ1v) is 8.02. The Hall–Kier alpha value is 0.490. The monoisotopic (exact) mass is 350 g/mol. The second kappa shape index (κ2) is 4.56. The highest BCUT2D eigenvalue weighted by Crippen LogP contribution is 2.35. The number of hydrogen-bond donors (Lipinski definition) is 0. The highest BCUT2D eigenvalue weighted by Gasteiger charge is 2.06. The molecule has 2 rings (SSSR count). The van der Waals surface area contributed by atoms with Crippen molar-refractivity contribution < 1.29 is 0 Å². The minimum Gasteiger partial charge on any atom is -0.130 e. The lowest BCUT2D eigenvalue weighted by molar-refractivity contribution is 1.41. The van der Waals surface area contributed by atoms with Crippen molar-refractivity contribution >= 4 is 65.0 Å². The molecule has 0 nitrogen and oxygen atoms in total. The third kappa shape index (κ3) is 2.03. The van der Waals surface area contributed by atoms with Gasteiger partial charge in [0.2, 0.25) is 0 Å². The van der Waals surface area contributed by atoms with Crippen LogP contribution in [0.2, 0.25) is 0 Å². The molecule has 0 N–H and O–H groups in total. The molecule has 0 aliphatic carbocycles. The van der Waals surface area contributed by atoms with Gasteiger partial charge in [0, 0.05) is 14.9 Å². The molecule has 2 aromatic rings. The van der Waals surface area contributed by atoms with Gasteiger partial charge in [-0.1, -0.05) is 15.9 Å². The number of fused-ring (bicyclic) bond motifs is 1. The fourth-order valence-corrected chi connectivity index (χ4v) is 4.12. The Balaban J connectivity index is 2.72. The van der Waals surface area contributed by atoms with Gasteiger partial charge >= 0.3 is 0 Å². The van der Waals surface area contributed by atoms with Crippen molar-refractivity contribution in [3.8, 4) is 0 Å². The number of halogens is 2. The zero-order valence-corrected chi connectivity index (χ0v) is 12.3. The second-order valence-corrected chi connectivity index (χ2v) is 6.76. The van der Waals surface area contributed by atoms with E-state index >= 15 is 0 Å². The molecule has 1 aromatic heterocycles. The average Bonchev–Trinajstić information content (AvgIpc) is 2.56. The second-order valence-electron chi connectivity index (χ2n) is 2.89. The van der Waals surface area contributed by atoms with E-state index in [0.29, 0.717) is 0 Å². The summed E-state index contributed by atoms with van der Waals surface area (Å²) in [7, 11) is 0. The standard InChI is InChI=1S/C10H8Br2S2/c1-13-8-2-6-4-9(12)14-10(6)7(3-8)5-11/h2-4H,5H2,1H3. The maximum absolute atomic E-state index is 3.53. The average molecular weight is 352 g/mol. The highest BCUT2D eigenvalue weighted by atomic mass is 79.9. The molecule has 0 amide bonds. The van der Waals surface area contributed by atoms with E-state index in [0.717, 1.165) is 5.33 Å². The summed E-state index contributed by atoms with van der Waals surface area (Å²) in [4.78, 5) is 1.33. The zero-order valence-electron chi connectivity index (χ0n) is 7.51. The largest absolute Gasteiger partial charge is 0.130 e. The van der Waals surface area contributed by atoms with Gasteiger partial charge < -0.3 is 0 Å². The molecular weight excluding hydrogens is 344 g/mol. The van der Waals surface area contributed by atoms with E-state index in [1.54, 1.807) is 23.1 Å².